The highest BCUT2D eigenvalue weighted by atomic mass is 32.1. The van der Waals surface area contributed by atoms with Crippen LogP contribution in [0.4, 0.5) is 19.7 Å². The minimum atomic E-state index is -1.59. The molecular weight excluding hydrogens is 452 g/mol. The third-order valence-electron chi connectivity index (χ3n) is 5.97. The number of halogens is 2. The monoisotopic (exact) mass is 473 g/mol. The van der Waals surface area contributed by atoms with Crippen LogP contribution in [0.25, 0.3) is 10.6 Å². The van der Waals surface area contributed by atoms with E-state index in [0.29, 0.717) is 16.5 Å². The second-order valence-electron chi connectivity index (χ2n) is 8.11. The minimum Gasteiger partial charge on any atom is -0.332 e. The second kappa shape index (κ2) is 8.32. The number of fused-ring (bicyclic) bond motifs is 2. The zero-order chi connectivity index (χ0) is 22.4. The van der Waals surface area contributed by atoms with Crippen molar-refractivity contribution in [3.05, 3.63) is 51.6 Å². The number of thiazole rings is 2. The number of amides is 1. The summed E-state index contributed by atoms with van der Waals surface area (Å²) in [5, 5.41) is 6.87. The van der Waals surface area contributed by atoms with Crippen molar-refractivity contribution in [1.29, 1.82) is 0 Å². The lowest BCUT2D eigenvalue weighted by Gasteiger charge is -2.35. The van der Waals surface area contributed by atoms with Crippen molar-refractivity contribution in [2.75, 3.05) is 5.32 Å². The van der Waals surface area contributed by atoms with Crippen LogP contribution >= 0.6 is 22.7 Å². The van der Waals surface area contributed by atoms with Crippen molar-refractivity contribution in [2.45, 2.75) is 51.6 Å². The number of carbonyl (C=O) groups is 1. The average molecular weight is 474 g/mol. The lowest BCUT2D eigenvalue weighted by molar-refractivity contribution is 0.0629. The van der Waals surface area contributed by atoms with Crippen LogP contribution in [0.1, 0.15) is 46.7 Å². The van der Waals surface area contributed by atoms with Gasteiger partial charge < -0.3 is 10.2 Å². The molecule has 0 aliphatic carbocycles. The molecule has 2 fully saturated rings. The Hall–Kier alpha value is -2.72. The first-order valence-electron chi connectivity index (χ1n) is 10.4. The first-order chi connectivity index (χ1) is 15.4. The number of hydrogen-bond donors (Lipinski definition) is 1. The van der Waals surface area contributed by atoms with E-state index in [-0.39, 0.29) is 36.4 Å². The van der Waals surface area contributed by atoms with E-state index in [1.807, 2.05) is 19.2 Å². The zero-order valence-electron chi connectivity index (χ0n) is 17.6. The molecule has 0 spiro atoms. The van der Waals surface area contributed by atoms with Gasteiger partial charge >= 0.3 is 0 Å². The van der Waals surface area contributed by atoms with E-state index in [0.717, 1.165) is 34.1 Å². The molecule has 166 valence electrons. The Morgan fingerprint density at radius 1 is 1.16 bits per heavy atom. The summed E-state index contributed by atoms with van der Waals surface area (Å²) in [6.45, 7) is 3.95. The second-order valence-corrected chi connectivity index (χ2v) is 10.2. The maximum absolute atomic E-state index is 13.0. The first-order valence-corrected chi connectivity index (χ1v) is 12.1. The largest absolute Gasteiger partial charge is 0.332 e. The Morgan fingerprint density at radius 2 is 1.91 bits per heavy atom. The van der Waals surface area contributed by atoms with Crippen molar-refractivity contribution in [3.63, 3.8) is 0 Å². The number of hydrogen-bond acceptors (Lipinski definition) is 7. The van der Waals surface area contributed by atoms with Gasteiger partial charge in [-0.25, -0.2) is 15.0 Å². The zero-order valence-corrected chi connectivity index (χ0v) is 19.2. The Bertz CT molecular complexity index is 1180. The molecule has 32 heavy (non-hydrogen) atoms. The maximum Gasteiger partial charge on any atom is 0.269 e. The van der Waals surface area contributed by atoms with Gasteiger partial charge in [-0.3, -0.25) is 4.79 Å². The minimum absolute atomic E-state index is 0.137. The number of piperidine rings is 1. The van der Waals surface area contributed by atoms with E-state index in [1.165, 1.54) is 17.5 Å². The molecule has 0 aromatic carbocycles. The van der Waals surface area contributed by atoms with Gasteiger partial charge in [-0.2, -0.15) is 8.78 Å². The molecule has 3 aromatic heterocycles. The van der Waals surface area contributed by atoms with Crippen LogP contribution < -0.4 is 5.32 Å². The third-order valence-corrected chi connectivity index (χ3v) is 7.82. The Morgan fingerprint density at radius 3 is 2.50 bits per heavy atom. The molecule has 1 unspecified atom stereocenters. The molecule has 3 aromatic rings. The normalized spacial score (nSPS) is 20.0. The Balaban J connectivity index is 1.28. The van der Waals surface area contributed by atoms with Crippen LogP contribution in [0, 0.1) is 13.8 Å². The van der Waals surface area contributed by atoms with Gasteiger partial charge in [-0.1, -0.05) is 0 Å². The van der Waals surface area contributed by atoms with Gasteiger partial charge in [0.2, 0.25) is 0 Å². The van der Waals surface area contributed by atoms with Crippen LogP contribution in [-0.4, -0.2) is 37.8 Å². The highest BCUT2D eigenvalue weighted by Crippen LogP contribution is 2.40. The van der Waals surface area contributed by atoms with E-state index < -0.39 is 6.08 Å². The van der Waals surface area contributed by atoms with Gasteiger partial charge in [0, 0.05) is 23.7 Å². The first kappa shape index (κ1) is 21.1. The summed E-state index contributed by atoms with van der Waals surface area (Å²) in [7, 11) is 0. The van der Waals surface area contributed by atoms with Crippen LogP contribution in [0.15, 0.2) is 35.4 Å². The number of nitrogens with zero attached hydrogens (tertiary/aromatic N) is 4. The highest BCUT2D eigenvalue weighted by Gasteiger charge is 2.42. The molecule has 2 saturated heterocycles. The van der Waals surface area contributed by atoms with Gasteiger partial charge in [0.05, 0.1) is 26.8 Å². The number of nitrogens with one attached hydrogen (secondary N) is 1. The molecule has 10 heteroatoms. The van der Waals surface area contributed by atoms with E-state index in [1.54, 1.807) is 28.4 Å². The Labute approximate surface area is 192 Å². The van der Waals surface area contributed by atoms with E-state index in [2.05, 4.69) is 20.3 Å². The fourth-order valence-electron chi connectivity index (χ4n) is 4.56. The summed E-state index contributed by atoms with van der Waals surface area (Å²) >= 11 is 3.09. The maximum atomic E-state index is 13.0. The van der Waals surface area contributed by atoms with Crippen molar-refractivity contribution in [2.24, 2.45) is 0 Å². The number of rotatable bonds is 4. The van der Waals surface area contributed by atoms with E-state index in [9.17, 15) is 13.6 Å². The number of carbonyl (C=O) groups excluding carboxylic acids is 1. The summed E-state index contributed by atoms with van der Waals surface area (Å²) in [5.41, 5.74) is 2.52. The molecule has 0 radical (unpaired) electrons. The third kappa shape index (κ3) is 3.93. The molecule has 2 aliphatic rings. The lowest BCUT2D eigenvalue weighted by atomic mass is 9.97. The van der Waals surface area contributed by atoms with Gasteiger partial charge in [-0.05, 0) is 57.2 Å². The van der Waals surface area contributed by atoms with Crippen molar-refractivity contribution >= 4 is 39.5 Å². The van der Waals surface area contributed by atoms with Crippen molar-refractivity contribution in [1.82, 2.24) is 19.9 Å². The smallest absolute Gasteiger partial charge is 0.269 e. The van der Waals surface area contributed by atoms with E-state index >= 15 is 0 Å². The van der Waals surface area contributed by atoms with Gasteiger partial charge in [0.1, 0.15) is 5.82 Å². The van der Waals surface area contributed by atoms with Crippen LogP contribution in [-0.2, 0) is 0 Å². The quantitative estimate of drug-likeness (QED) is 0.508. The number of pyridine rings is 1. The number of aryl methyl sites for hydroxylation is 2. The SMILES string of the molecule is Cc1nc(C)c(-c2csc(Nc3ccc(C(=O)N4C5CC[C@H]4CC(=C(F)F)C5)cn3)n2)s1. The standard InChI is InChI=1S/C22H21F2N5OS2/c1-11-19(32-12(2)26-11)17-10-31-22(27-17)28-18-6-3-13(9-25-18)21(30)29-15-4-5-16(29)8-14(7-15)20(23)24/h3,6,9-10,15-16H,4-5,7-8H2,1-2H3,(H,25,27,28)/t15-,16?/m0/s1. The van der Waals surface area contributed by atoms with Crippen molar-refractivity contribution < 1.29 is 13.6 Å². The summed E-state index contributed by atoms with van der Waals surface area (Å²) < 4.78 is 26.1. The molecule has 6 nitrogen and oxygen atoms in total. The van der Waals surface area contributed by atoms with Crippen LogP contribution in [0.5, 0.6) is 0 Å². The predicted octanol–water partition coefficient (Wildman–Crippen LogP) is 5.94. The molecule has 2 bridgehead atoms. The summed E-state index contributed by atoms with van der Waals surface area (Å²) in [5.74, 6) is 0.452. The summed E-state index contributed by atoms with van der Waals surface area (Å²) in [6, 6.07) is 3.17. The highest BCUT2D eigenvalue weighted by molar-refractivity contribution is 7.16. The van der Waals surface area contributed by atoms with Crippen LogP contribution in [0.3, 0.4) is 0 Å². The molecular formula is C22H21F2N5OS2. The molecule has 2 atom stereocenters. The van der Waals surface area contributed by atoms with Gasteiger partial charge in [0.25, 0.3) is 12.0 Å². The summed E-state index contributed by atoms with van der Waals surface area (Å²) in [4.78, 5) is 29.3. The fourth-order valence-corrected chi connectivity index (χ4v) is 6.22. The summed E-state index contributed by atoms with van der Waals surface area (Å²) in [6.07, 6.45) is 2.02. The topological polar surface area (TPSA) is 71.0 Å². The molecule has 0 saturated carbocycles. The van der Waals surface area contributed by atoms with E-state index in [4.69, 9.17) is 0 Å². The van der Waals surface area contributed by atoms with Crippen LogP contribution in [0.2, 0.25) is 0 Å². The van der Waals surface area contributed by atoms with Gasteiger partial charge in [-0.15, -0.1) is 22.7 Å². The lowest BCUT2D eigenvalue weighted by Crippen LogP contribution is -2.44. The molecule has 5 rings (SSSR count). The van der Waals surface area contributed by atoms with Gasteiger partial charge in [0.15, 0.2) is 5.13 Å². The Kier molecular flexibility index (Phi) is 5.50. The average Bonchev–Trinajstić information content (AvgIpc) is 3.43. The molecule has 1 amide bonds. The van der Waals surface area contributed by atoms with Crippen molar-refractivity contribution in [3.8, 4) is 10.6 Å². The molecule has 5 heterocycles. The number of aromatic nitrogens is 3. The predicted molar refractivity (Wildman–Crippen MR) is 122 cm³/mol. The molecule has 2 aliphatic heterocycles. The fraction of sp³-hybridized carbons (Fsp3) is 0.364. The number of anilines is 2. The molecule has 1 N–H and O–H groups in total.